The van der Waals surface area contributed by atoms with Crippen molar-refractivity contribution in [1.82, 2.24) is 5.32 Å². The van der Waals surface area contributed by atoms with Gasteiger partial charge in [0.25, 0.3) is 0 Å². The number of rotatable bonds is 0. The number of carbonyl (C=O) groups excluding carboxylic acids is 1. The molecule has 0 aromatic carbocycles. The largest absolute Gasteiger partial charge is 0.456 e. The van der Waals surface area contributed by atoms with Gasteiger partial charge in [-0.2, -0.15) is 0 Å². The molecule has 0 aromatic rings. The quantitative estimate of drug-likeness (QED) is 0.488. The van der Waals surface area contributed by atoms with Gasteiger partial charge >= 0.3 is 5.97 Å². The van der Waals surface area contributed by atoms with Crippen LogP contribution < -0.4 is 5.32 Å². The molecule has 0 atom stereocenters. The lowest BCUT2D eigenvalue weighted by Crippen LogP contribution is -2.11. The Bertz CT molecular complexity index is 240. The van der Waals surface area contributed by atoms with Crippen LogP contribution in [0.2, 0.25) is 0 Å². The fourth-order valence-electron chi connectivity index (χ4n) is 1.11. The fraction of sp³-hybridized carbons (Fsp3) is 0.286. The average molecular weight is 137 g/mol. The second-order valence-electron chi connectivity index (χ2n) is 2.28. The van der Waals surface area contributed by atoms with Gasteiger partial charge in [0.05, 0.1) is 11.3 Å². The maximum atomic E-state index is 10.9. The predicted octanol–water partition coefficient (Wildman–Crippen LogP) is 0.304. The summed E-state index contributed by atoms with van der Waals surface area (Å²) in [6, 6.07) is 0. The number of cyclic esters (lactones) is 1. The van der Waals surface area contributed by atoms with E-state index in [-0.39, 0.29) is 5.97 Å². The summed E-state index contributed by atoms with van der Waals surface area (Å²) >= 11 is 0. The summed E-state index contributed by atoms with van der Waals surface area (Å²) in [5.74, 6) is -0.174. The zero-order valence-corrected chi connectivity index (χ0v) is 5.39. The topological polar surface area (TPSA) is 38.3 Å². The summed E-state index contributed by atoms with van der Waals surface area (Å²) in [4.78, 5) is 10.9. The highest BCUT2D eigenvalue weighted by Gasteiger charge is 2.24. The van der Waals surface area contributed by atoms with E-state index in [0.717, 1.165) is 11.3 Å². The second-order valence-corrected chi connectivity index (χ2v) is 2.28. The molecule has 3 nitrogen and oxygen atoms in total. The summed E-state index contributed by atoms with van der Waals surface area (Å²) in [5, 5.41) is 2.96. The number of ether oxygens (including phenoxy) is 1. The molecule has 52 valence electrons. The number of hydrogen-bond donors (Lipinski definition) is 1. The number of carbonyl (C=O) groups is 1. The van der Waals surface area contributed by atoms with Crippen LogP contribution >= 0.6 is 0 Å². The van der Waals surface area contributed by atoms with Crippen LogP contribution in [0.25, 0.3) is 0 Å². The van der Waals surface area contributed by atoms with Crippen LogP contribution in [0.5, 0.6) is 0 Å². The van der Waals surface area contributed by atoms with E-state index in [1.54, 1.807) is 0 Å². The van der Waals surface area contributed by atoms with E-state index in [9.17, 15) is 4.79 Å². The Morgan fingerprint density at radius 3 is 3.30 bits per heavy atom. The lowest BCUT2D eigenvalue weighted by atomic mass is 10.1. The third-order valence-corrected chi connectivity index (χ3v) is 1.66. The first-order chi connectivity index (χ1) is 4.88. The normalized spacial score (nSPS) is 22.2. The van der Waals surface area contributed by atoms with Gasteiger partial charge in [0.15, 0.2) is 0 Å². The number of esters is 1. The molecule has 2 heterocycles. The van der Waals surface area contributed by atoms with Gasteiger partial charge in [-0.1, -0.05) is 6.08 Å². The molecule has 2 rings (SSSR count). The van der Waals surface area contributed by atoms with Crippen molar-refractivity contribution in [2.45, 2.75) is 6.42 Å². The maximum absolute atomic E-state index is 10.9. The minimum Gasteiger partial charge on any atom is -0.456 e. The Morgan fingerprint density at radius 2 is 2.50 bits per heavy atom. The summed E-state index contributed by atoms with van der Waals surface area (Å²) in [5.41, 5.74) is 1.70. The van der Waals surface area contributed by atoms with Crippen molar-refractivity contribution in [2.24, 2.45) is 0 Å². The molecule has 2 aliphatic heterocycles. The smallest absolute Gasteiger partial charge is 0.336 e. The summed E-state index contributed by atoms with van der Waals surface area (Å²) in [6.07, 6.45) is 4.45. The van der Waals surface area contributed by atoms with Crippen LogP contribution in [0, 0.1) is 0 Å². The summed E-state index contributed by atoms with van der Waals surface area (Å²) in [6.45, 7) is 0.415. The molecule has 0 radical (unpaired) electrons. The molecule has 0 bridgehead atoms. The van der Waals surface area contributed by atoms with Crippen molar-refractivity contribution < 1.29 is 9.53 Å². The Labute approximate surface area is 58.4 Å². The van der Waals surface area contributed by atoms with Gasteiger partial charge in [-0.3, -0.25) is 0 Å². The van der Waals surface area contributed by atoms with E-state index >= 15 is 0 Å². The molecule has 1 N–H and O–H groups in total. The third-order valence-electron chi connectivity index (χ3n) is 1.66. The first kappa shape index (κ1) is 5.53. The fourth-order valence-corrected chi connectivity index (χ4v) is 1.11. The number of nitrogens with one attached hydrogen (secondary N) is 1. The minimum absolute atomic E-state index is 0.174. The van der Waals surface area contributed by atoms with E-state index in [4.69, 9.17) is 4.74 Å². The van der Waals surface area contributed by atoms with E-state index < -0.39 is 0 Å². The number of allylic oxidation sites excluding steroid dienone is 1. The Morgan fingerprint density at radius 1 is 1.60 bits per heavy atom. The Balaban J connectivity index is 2.31. The maximum Gasteiger partial charge on any atom is 0.336 e. The van der Waals surface area contributed by atoms with Crippen molar-refractivity contribution >= 4 is 5.97 Å². The zero-order chi connectivity index (χ0) is 6.97. The highest BCUT2D eigenvalue weighted by Crippen LogP contribution is 2.19. The van der Waals surface area contributed by atoms with Crippen LogP contribution in [0.1, 0.15) is 6.42 Å². The minimum atomic E-state index is -0.174. The second kappa shape index (κ2) is 1.87. The number of dihydropyridines is 1. The predicted molar refractivity (Wildman–Crippen MR) is 34.9 cm³/mol. The zero-order valence-electron chi connectivity index (χ0n) is 5.39. The van der Waals surface area contributed by atoms with E-state index in [1.807, 2.05) is 12.3 Å². The molecule has 0 saturated carbocycles. The molecule has 0 aromatic heterocycles. The van der Waals surface area contributed by atoms with Gasteiger partial charge in [0.1, 0.15) is 6.61 Å². The summed E-state index contributed by atoms with van der Waals surface area (Å²) in [7, 11) is 0. The molecule has 0 unspecified atom stereocenters. The molecule has 0 fully saturated rings. The molecule has 0 spiro atoms. The highest BCUT2D eigenvalue weighted by atomic mass is 16.5. The van der Waals surface area contributed by atoms with Gasteiger partial charge in [0, 0.05) is 6.42 Å². The van der Waals surface area contributed by atoms with Crippen molar-refractivity contribution in [3.63, 3.8) is 0 Å². The first-order valence-electron chi connectivity index (χ1n) is 3.18. The van der Waals surface area contributed by atoms with Crippen LogP contribution in [-0.2, 0) is 9.53 Å². The van der Waals surface area contributed by atoms with Gasteiger partial charge < -0.3 is 10.1 Å². The summed E-state index contributed by atoms with van der Waals surface area (Å²) < 4.78 is 4.78. The number of hydrogen-bond acceptors (Lipinski definition) is 3. The molecule has 0 aliphatic carbocycles. The Hall–Kier alpha value is -1.25. The average Bonchev–Trinajstić information content (AvgIpc) is 2.34. The van der Waals surface area contributed by atoms with E-state index in [1.165, 1.54) is 0 Å². The molecular weight excluding hydrogens is 130 g/mol. The van der Waals surface area contributed by atoms with Gasteiger partial charge in [-0.05, 0) is 6.20 Å². The van der Waals surface area contributed by atoms with Gasteiger partial charge in [0.2, 0.25) is 0 Å². The van der Waals surface area contributed by atoms with E-state index in [2.05, 4.69) is 5.32 Å². The van der Waals surface area contributed by atoms with Crippen molar-refractivity contribution in [2.75, 3.05) is 6.61 Å². The van der Waals surface area contributed by atoms with Crippen LogP contribution in [-0.4, -0.2) is 12.6 Å². The molecule has 2 aliphatic rings. The van der Waals surface area contributed by atoms with Crippen LogP contribution in [0.3, 0.4) is 0 Å². The van der Waals surface area contributed by atoms with Crippen molar-refractivity contribution in [3.8, 4) is 0 Å². The Kier molecular flexibility index (Phi) is 1.03. The van der Waals surface area contributed by atoms with Crippen molar-refractivity contribution in [1.29, 1.82) is 0 Å². The van der Waals surface area contributed by atoms with Gasteiger partial charge in [-0.25, -0.2) is 4.79 Å². The standard InChI is InChI=1S/C7H7NO2/c9-7-5-2-1-3-8-6(5)4-10-7/h1,3,8H,2,4H2. The molecule has 0 saturated heterocycles. The molecule has 3 heteroatoms. The van der Waals surface area contributed by atoms with Crippen LogP contribution in [0.4, 0.5) is 0 Å². The lowest BCUT2D eigenvalue weighted by Gasteiger charge is -2.04. The van der Waals surface area contributed by atoms with E-state index in [0.29, 0.717) is 13.0 Å². The van der Waals surface area contributed by atoms with Crippen molar-refractivity contribution in [3.05, 3.63) is 23.5 Å². The molecule has 10 heavy (non-hydrogen) atoms. The third kappa shape index (κ3) is 0.635. The first-order valence-corrected chi connectivity index (χ1v) is 3.18. The molecular formula is C7H7NO2. The monoisotopic (exact) mass is 137 g/mol. The SMILES string of the molecule is O=C1OCC2=C1CC=CN2. The van der Waals surface area contributed by atoms with Gasteiger partial charge in [-0.15, -0.1) is 0 Å². The lowest BCUT2D eigenvalue weighted by molar-refractivity contribution is -0.136. The van der Waals surface area contributed by atoms with Crippen LogP contribution in [0.15, 0.2) is 23.5 Å². The highest BCUT2D eigenvalue weighted by molar-refractivity contribution is 5.92. The molecule has 0 amide bonds.